The van der Waals surface area contributed by atoms with Crippen LogP contribution in [0.4, 0.5) is 0 Å². The molecule has 0 spiro atoms. The molecule has 0 aliphatic carbocycles. The van der Waals surface area contributed by atoms with Crippen molar-refractivity contribution in [3.63, 3.8) is 0 Å². The van der Waals surface area contributed by atoms with Crippen molar-refractivity contribution in [2.24, 2.45) is 0 Å². The average molecular weight is 352 g/mol. The highest BCUT2D eigenvalue weighted by molar-refractivity contribution is 7.98. The summed E-state index contributed by atoms with van der Waals surface area (Å²) < 4.78 is 0. The molecule has 1 nitrogen and oxygen atoms in total. The van der Waals surface area contributed by atoms with Crippen molar-refractivity contribution in [2.45, 2.75) is 10.6 Å². The van der Waals surface area contributed by atoms with Crippen LogP contribution in [0.15, 0.2) is 53.4 Å². The van der Waals surface area contributed by atoms with Crippen molar-refractivity contribution in [2.75, 3.05) is 20.6 Å². The molecule has 22 heavy (non-hydrogen) atoms. The molecular weight excluding hydrogens is 333 g/mol. The topological polar surface area (TPSA) is 3.24 Å². The highest BCUT2D eigenvalue weighted by atomic mass is 35.5. The van der Waals surface area contributed by atoms with Gasteiger partial charge >= 0.3 is 0 Å². The molecule has 0 saturated heterocycles. The largest absolute Gasteiger partial charge is 0.306 e. The van der Waals surface area contributed by atoms with Gasteiger partial charge in [-0.25, -0.2) is 0 Å². The van der Waals surface area contributed by atoms with Gasteiger partial charge in [0, 0.05) is 27.2 Å². The van der Waals surface area contributed by atoms with E-state index in [1.54, 1.807) is 17.8 Å². The molecule has 0 aliphatic heterocycles. The lowest BCUT2D eigenvalue weighted by atomic mass is 10.2. The molecule has 0 aromatic heterocycles. The first-order chi connectivity index (χ1) is 10.5. The van der Waals surface area contributed by atoms with E-state index in [0.717, 1.165) is 22.9 Å². The molecule has 0 saturated carbocycles. The third kappa shape index (κ3) is 5.69. The molecule has 2 rings (SSSR count). The first kappa shape index (κ1) is 17.4. The Morgan fingerprint density at radius 2 is 1.77 bits per heavy atom. The second-order valence-electron chi connectivity index (χ2n) is 5.26. The van der Waals surface area contributed by atoms with Crippen molar-refractivity contribution >= 4 is 41.0 Å². The average Bonchev–Trinajstić information content (AvgIpc) is 2.47. The molecule has 2 aromatic rings. The highest BCUT2D eigenvalue weighted by Gasteiger charge is 2.02. The van der Waals surface area contributed by atoms with Gasteiger partial charge in [-0.05, 0) is 49.5 Å². The Bertz CT molecular complexity index is 636. The Morgan fingerprint density at radius 3 is 2.41 bits per heavy atom. The van der Waals surface area contributed by atoms with E-state index >= 15 is 0 Å². The minimum atomic E-state index is 0.674. The summed E-state index contributed by atoms with van der Waals surface area (Å²) in [5.41, 5.74) is 2.32. The SMILES string of the molecule is CN(C)CC=Cc1ccc(SCc2ccc(Cl)cc2Cl)cc1. The lowest BCUT2D eigenvalue weighted by Gasteiger charge is -2.06. The van der Waals surface area contributed by atoms with Crippen molar-refractivity contribution < 1.29 is 0 Å². The van der Waals surface area contributed by atoms with Gasteiger partial charge in [0.15, 0.2) is 0 Å². The number of benzene rings is 2. The minimum absolute atomic E-state index is 0.674. The van der Waals surface area contributed by atoms with Crippen molar-refractivity contribution in [1.29, 1.82) is 0 Å². The Kier molecular flexibility index (Phi) is 6.84. The van der Waals surface area contributed by atoms with Crippen LogP contribution in [-0.2, 0) is 5.75 Å². The standard InChI is InChI=1S/C18H19Cl2NS/c1-21(2)11-3-4-14-5-9-17(10-6-14)22-13-15-7-8-16(19)12-18(15)20/h3-10,12H,11,13H2,1-2H3. The van der Waals surface area contributed by atoms with Crippen LogP contribution in [0.5, 0.6) is 0 Å². The fourth-order valence-electron chi connectivity index (χ4n) is 1.87. The summed E-state index contributed by atoms with van der Waals surface area (Å²) in [6.45, 7) is 0.950. The number of rotatable bonds is 6. The number of halogens is 2. The van der Waals surface area contributed by atoms with E-state index in [4.69, 9.17) is 23.2 Å². The smallest absolute Gasteiger partial charge is 0.0461 e. The summed E-state index contributed by atoms with van der Waals surface area (Å²) in [7, 11) is 4.12. The Labute approximate surface area is 146 Å². The summed E-state index contributed by atoms with van der Waals surface area (Å²) in [5, 5.41) is 1.40. The molecule has 0 fully saturated rings. The Morgan fingerprint density at radius 1 is 1.05 bits per heavy atom. The molecule has 0 atom stereocenters. The molecule has 0 unspecified atom stereocenters. The van der Waals surface area contributed by atoms with E-state index in [1.807, 2.05) is 12.1 Å². The zero-order valence-corrected chi connectivity index (χ0v) is 15.1. The van der Waals surface area contributed by atoms with Gasteiger partial charge in [-0.2, -0.15) is 0 Å². The number of hydrogen-bond donors (Lipinski definition) is 0. The number of hydrogen-bond acceptors (Lipinski definition) is 2. The summed E-state index contributed by atoms with van der Waals surface area (Å²) in [6.07, 6.45) is 4.31. The molecule has 4 heteroatoms. The first-order valence-corrected chi connectivity index (χ1v) is 8.77. The van der Waals surface area contributed by atoms with Crippen molar-refractivity contribution in [3.8, 4) is 0 Å². The normalized spacial score (nSPS) is 11.5. The van der Waals surface area contributed by atoms with Crippen LogP contribution in [-0.4, -0.2) is 25.5 Å². The van der Waals surface area contributed by atoms with Gasteiger partial charge in [0.1, 0.15) is 0 Å². The zero-order valence-electron chi connectivity index (χ0n) is 12.7. The van der Waals surface area contributed by atoms with Gasteiger partial charge in [-0.3, -0.25) is 0 Å². The first-order valence-electron chi connectivity index (χ1n) is 7.02. The second-order valence-corrected chi connectivity index (χ2v) is 7.15. The lowest BCUT2D eigenvalue weighted by Crippen LogP contribution is -2.10. The fourth-order valence-corrected chi connectivity index (χ4v) is 3.33. The predicted molar refractivity (Wildman–Crippen MR) is 100 cm³/mol. The monoisotopic (exact) mass is 351 g/mol. The number of likely N-dealkylation sites (N-methyl/N-ethyl adjacent to an activating group) is 1. The lowest BCUT2D eigenvalue weighted by molar-refractivity contribution is 0.457. The van der Waals surface area contributed by atoms with Gasteiger partial charge < -0.3 is 4.90 Å². The summed E-state index contributed by atoms with van der Waals surface area (Å²) in [4.78, 5) is 3.37. The van der Waals surface area contributed by atoms with Gasteiger partial charge in [0.2, 0.25) is 0 Å². The molecule has 0 aliphatic rings. The van der Waals surface area contributed by atoms with Crippen LogP contribution in [0.2, 0.25) is 10.0 Å². The van der Waals surface area contributed by atoms with Crippen LogP contribution in [0, 0.1) is 0 Å². The fraction of sp³-hybridized carbons (Fsp3) is 0.222. The molecule has 0 amide bonds. The Hall–Kier alpha value is -0.930. The third-order valence-corrected chi connectivity index (χ3v) is 4.72. The Balaban J connectivity index is 1.92. The summed E-state index contributed by atoms with van der Waals surface area (Å²) >= 11 is 13.9. The van der Waals surface area contributed by atoms with Gasteiger partial charge in [-0.15, -0.1) is 11.8 Å². The molecular formula is C18H19Cl2NS. The zero-order chi connectivity index (χ0) is 15.9. The number of nitrogens with zero attached hydrogens (tertiary/aromatic N) is 1. The van der Waals surface area contributed by atoms with E-state index in [9.17, 15) is 0 Å². The van der Waals surface area contributed by atoms with E-state index in [2.05, 4.69) is 55.4 Å². The van der Waals surface area contributed by atoms with Crippen LogP contribution in [0.3, 0.4) is 0 Å². The van der Waals surface area contributed by atoms with Crippen molar-refractivity contribution in [1.82, 2.24) is 4.90 Å². The number of thioether (sulfide) groups is 1. The molecule has 116 valence electrons. The van der Waals surface area contributed by atoms with Gasteiger partial charge in [-0.1, -0.05) is 53.6 Å². The molecule has 0 bridgehead atoms. The van der Waals surface area contributed by atoms with Crippen molar-refractivity contribution in [3.05, 3.63) is 69.7 Å². The third-order valence-electron chi connectivity index (χ3n) is 3.07. The molecule has 0 N–H and O–H groups in total. The van der Waals surface area contributed by atoms with E-state index < -0.39 is 0 Å². The summed E-state index contributed by atoms with van der Waals surface area (Å²) in [6, 6.07) is 14.2. The van der Waals surface area contributed by atoms with Gasteiger partial charge in [0.05, 0.1) is 0 Å². The maximum atomic E-state index is 6.19. The summed E-state index contributed by atoms with van der Waals surface area (Å²) in [5.74, 6) is 0.839. The van der Waals surface area contributed by atoms with Crippen LogP contribution in [0.25, 0.3) is 6.08 Å². The highest BCUT2D eigenvalue weighted by Crippen LogP contribution is 2.28. The maximum Gasteiger partial charge on any atom is 0.0461 e. The van der Waals surface area contributed by atoms with Crippen LogP contribution >= 0.6 is 35.0 Å². The maximum absolute atomic E-state index is 6.19. The van der Waals surface area contributed by atoms with Crippen LogP contribution < -0.4 is 0 Å². The van der Waals surface area contributed by atoms with E-state index in [1.165, 1.54) is 10.5 Å². The van der Waals surface area contributed by atoms with Crippen LogP contribution in [0.1, 0.15) is 11.1 Å². The minimum Gasteiger partial charge on any atom is -0.306 e. The molecule has 2 aromatic carbocycles. The van der Waals surface area contributed by atoms with E-state index in [-0.39, 0.29) is 0 Å². The molecule has 0 heterocycles. The predicted octanol–water partition coefficient (Wildman–Crippen LogP) is 5.86. The quantitative estimate of drug-likeness (QED) is 0.599. The van der Waals surface area contributed by atoms with E-state index in [0.29, 0.717) is 5.02 Å². The molecule has 0 radical (unpaired) electrons. The van der Waals surface area contributed by atoms with Gasteiger partial charge in [0.25, 0.3) is 0 Å². The second kappa shape index (κ2) is 8.64.